The van der Waals surface area contributed by atoms with Crippen LogP contribution in [0.15, 0.2) is 53.1 Å². The number of nitrogens with zero attached hydrogens (tertiary/aromatic N) is 3. The average Bonchev–Trinajstić information content (AvgIpc) is 3.29. The molecule has 2 heterocycles. The molecule has 1 aliphatic rings. The third-order valence-corrected chi connectivity index (χ3v) is 5.32. The van der Waals surface area contributed by atoms with E-state index in [2.05, 4.69) is 43.0 Å². The minimum absolute atomic E-state index is 0.0493. The molecule has 5 nitrogen and oxygen atoms in total. The number of halogens is 1. The molecule has 1 aromatic heterocycles. The zero-order valence-electron chi connectivity index (χ0n) is 16.1. The first-order chi connectivity index (χ1) is 13.3. The first kappa shape index (κ1) is 18.7. The van der Waals surface area contributed by atoms with E-state index in [0.717, 1.165) is 11.3 Å². The summed E-state index contributed by atoms with van der Waals surface area (Å²) in [5.41, 5.74) is 3.05. The van der Waals surface area contributed by atoms with Gasteiger partial charge in [0.25, 0.3) is 5.89 Å². The Hall–Kier alpha value is -2.66. The van der Waals surface area contributed by atoms with Gasteiger partial charge in [-0.25, -0.2) is 0 Å². The van der Waals surface area contributed by atoms with Gasteiger partial charge >= 0.3 is 0 Å². The molecule has 4 rings (SSSR count). The van der Waals surface area contributed by atoms with Gasteiger partial charge in [-0.2, -0.15) is 4.98 Å². The van der Waals surface area contributed by atoms with Crippen molar-refractivity contribution in [2.75, 3.05) is 11.4 Å². The van der Waals surface area contributed by atoms with E-state index >= 15 is 0 Å². The Morgan fingerprint density at radius 2 is 1.75 bits per heavy atom. The fraction of sp³-hybridized carbons (Fsp3) is 0.318. The molecule has 0 aliphatic carbocycles. The molecule has 28 heavy (non-hydrogen) atoms. The van der Waals surface area contributed by atoms with Gasteiger partial charge in [-0.15, -0.1) is 0 Å². The predicted octanol–water partition coefficient (Wildman–Crippen LogP) is 5.21. The van der Waals surface area contributed by atoms with Gasteiger partial charge in [-0.05, 0) is 47.4 Å². The molecule has 0 N–H and O–H groups in total. The maximum absolute atomic E-state index is 12.5. The number of hydrogen-bond donors (Lipinski definition) is 0. The summed E-state index contributed by atoms with van der Waals surface area (Å²) in [6.07, 6.45) is 0.366. The number of aromatic nitrogens is 2. The first-order valence-electron chi connectivity index (χ1n) is 9.32. The molecule has 1 atom stereocenters. The van der Waals surface area contributed by atoms with E-state index in [4.69, 9.17) is 16.1 Å². The molecule has 1 amide bonds. The molecule has 1 aliphatic heterocycles. The zero-order chi connectivity index (χ0) is 19.9. The fourth-order valence-electron chi connectivity index (χ4n) is 3.38. The lowest BCUT2D eigenvalue weighted by Crippen LogP contribution is -2.24. The quantitative estimate of drug-likeness (QED) is 0.610. The smallest absolute Gasteiger partial charge is 0.257 e. The van der Waals surface area contributed by atoms with Crippen molar-refractivity contribution in [2.24, 2.45) is 0 Å². The van der Waals surface area contributed by atoms with E-state index in [1.54, 1.807) is 17.0 Å². The van der Waals surface area contributed by atoms with Crippen molar-refractivity contribution in [3.05, 3.63) is 64.9 Å². The molecule has 3 aromatic rings. The van der Waals surface area contributed by atoms with Crippen molar-refractivity contribution in [1.29, 1.82) is 0 Å². The number of amides is 1. The van der Waals surface area contributed by atoms with E-state index < -0.39 is 0 Å². The summed E-state index contributed by atoms with van der Waals surface area (Å²) in [6.45, 7) is 7.06. The van der Waals surface area contributed by atoms with Crippen molar-refractivity contribution in [3.63, 3.8) is 0 Å². The van der Waals surface area contributed by atoms with Crippen LogP contribution >= 0.6 is 11.6 Å². The van der Waals surface area contributed by atoms with Crippen molar-refractivity contribution < 1.29 is 9.32 Å². The Morgan fingerprint density at radius 3 is 2.39 bits per heavy atom. The summed E-state index contributed by atoms with van der Waals surface area (Å²) >= 11 is 5.94. The second kappa shape index (κ2) is 7.06. The lowest BCUT2D eigenvalue weighted by atomic mass is 9.87. The van der Waals surface area contributed by atoms with E-state index in [1.807, 2.05) is 24.3 Å². The molecule has 0 radical (unpaired) electrons. The Bertz CT molecular complexity index is 988. The van der Waals surface area contributed by atoms with Crippen LogP contribution in [0.2, 0.25) is 5.02 Å². The number of carbonyl (C=O) groups is 1. The molecule has 2 aromatic carbocycles. The lowest BCUT2D eigenvalue weighted by molar-refractivity contribution is -0.117. The second-order valence-corrected chi connectivity index (χ2v) is 8.60. The molecule has 1 saturated heterocycles. The SMILES string of the molecule is CC(C)(C)c1ccc(-c2nc([C@@H]3CC(=O)N(c4ccc(Cl)cc4)C3)no2)cc1. The van der Waals surface area contributed by atoms with Crippen molar-refractivity contribution in [1.82, 2.24) is 10.1 Å². The summed E-state index contributed by atoms with van der Waals surface area (Å²) < 4.78 is 5.47. The Kier molecular flexibility index (Phi) is 4.71. The molecule has 1 fully saturated rings. The summed E-state index contributed by atoms with van der Waals surface area (Å²) in [5, 5.41) is 4.78. The number of rotatable bonds is 3. The highest BCUT2D eigenvalue weighted by Crippen LogP contribution is 2.32. The van der Waals surface area contributed by atoms with Crippen LogP contribution in [0.1, 0.15) is 44.5 Å². The first-order valence-corrected chi connectivity index (χ1v) is 9.69. The van der Waals surface area contributed by atoms with Crippen molar-refractivity contribution in [3.8, 4) is 11.5 Å². The molecule has 0 saturated carbocycles. The third kappa shape index (κ3) is 3.67. The molecular weight excluding hydrogens is 374 g/mol. The Balaban J connectivity index is 1.52. The van der Waals surface area contributed by atoms with Gasteiger partial charge in [0, 0.05) is 35.2 Å². The number of carbonyl (C=O) groups excluding carboxylic acids is 1. The van der Waals surface area contributed by atoms with Gasteiger partial charge < -0.3 is 9.42 Å². The average molecular weight is 396 g/mol. The minimum Gasteiger partial charge on any atom is -0.334 e. The monoisotopic (exact) mass is 395 g/mol. The number of hydrogen-bond acceptors (Lipinski definition) is 4. The van der Waals surface area contributed by atoms with Crippen LogP contribution in [0.4, 0.5) is 5.69 Å². The largest absolute Gasteiger partial charge is 0.334 e. The van der Waals surface area contributed by atoms with Crippen molar-refractivity contribution >= 4 is 23.2 Å². The highest BCUT2D eigenvalue weighted by Gasteiger charge is 2.34. The topological polar surface area (TPSA) is 59.2 Å². The van der Waals surface area contributed by atoms with Crippen LogP contribution in [0.5, 0.6) is 0 Å². The summed E-state index contributed by atoms with van der Waals surface area (Å²) in [7, 11) is 0. The molecular formula is C22H22ClN3O2. The Morgan fingerprint density at radius 1 is 1.07 bits per heavy atom. The predicted molar refractivity (Wildman–Crippen MR) is 110 cm³/mol. The highest BCUT2D eigenvalue weighted by molar-refractivity contribution is 6.30. The maximum Gasteiger partial charge on any atom is 0.257 e. The van der Waals surface area contributed by atoms with Gasteiger partial charge in [-0.1, -0.05) is 49.7 Å². The van der Waals surface area contributed by atoms with Gasteiger partial charge in [0.2, 0.25) is 5.91 Å². The molecule has 0 unspecified atom stereocenters. The second-order valence-electron chi connectivity index (χ2n) is 8.17. The van der Waals surface area contributed by atoms with Gasteiger partial charge in [-0.3, -0.25) is 4.79 Å². The van der Waals surface area contributed by atoms with Crippen LogP contribution in [-0.2, 0) is 10.2 Å². The lowest BCUT2D eigenvalue weighted by Gasteiger charge is -2.18. The normalized spacial score (nSPS) is 17.4. The molecule has 0 bridgehead atoms. The van der Waals surface area contributed by atoms with E-state index in [9.17, 15) is 4.79 Å². The molecule has 144 valence electrons. The standard InChI is InChI=1S/C22H22ClN3O2/c1-22(2,3)16-6-4-14(5-7-16)21-24-20(25-28-21)15-12-19(27)26(13-15)18-10-8-17(23)9-11-18/h4-11,15H,12-13H2,1-3H3/t15-/m1/s1. The van der Waals surface area contributed by atoms with Crippen LogP contribution in [0.3, 0.4) is 0 Å². The summed E-state index contributed by atoms with van der Waals surface area (Å²) in [6, 6.07) is 15.4. The fourth-order valence-corrected chi connectivity index (χ4v) is 3.51. The van der Waals surface area contributed by atoms with Crippen LogP contribution in [-0.4, -0.2) is 22.6 Å². The van der Waals surface area contributed by atoms with Crippen molar-refractivity contribution in [2.45, 2.75) is 38.5 Å². The minimum atomic E-state index is -0.0884. The van der Waals surface area contributed by atoms with Crippen LogP contribution in [0.25, 0.3) is 11.5 Å². The van der Waals surface area contributed by atoms with Crippen LogP contribution < -0.4 is 4.90 Å². The van der Waals surface area contributed by atoms with E-state index in [1.165, 1.54) is 5.56 Å². The number of anilines is 1. The molecule has 6 heteroatoms. The zero-order valence-corrected chi connectivity index (χ0v) is 16.9. The van der Waals surface area contributed by atoms with Crippen LogP contribution in [0, 0.1) is 0 Å². The Labute approximate surface area is 169 Å². The van der Waals surface area contributed by atoms with E-state index in [-0.39, 0.29) is 17.2 Å². The van der Waals surface area contributed by atoms with Gasteiger partial charge in [0.15, 0.2) is 5.82 Å². The van der Waals surface area contributed by atoms with Gasteiger partial charge in [0.1, 0.15) is 0 Å². The van der Waals surface area contributed by atoms with E-state index in [0.29, 0.717) is 29.7 Å². The number of benzene rings is 2. The van der Waals surface area contributed by atoms with Gasteiger partial charge in [0.05, 0.1) is 0 Å². The summed E-state index contributed by atoms with van der Waals surface area (Å²) in [5.74, 6) is 1.01. The maximum atomic E-state index is 12.5. The highest BCUT2D eigenvalue weighted by atomic mass is 35.5. The summed E-state index contributed by atoms with van der Waals surface area (Å²) in [4.78, 5) is 18.8. The third-order valence-electron chi connectivity index (χ3n) is 5.07. The molecule has 0 spiro atoms.